The van der Waals surface area contributed by atoms with E-state index in [1.807, 2.05) is 13.0 Å². The zero-order valence-electron chi connectivity index (χ0n) is 10.0. The van der Waals surface area contributed by atoms with Crippen LogP contribution in [0.4, 0.5) is 0 Å². The lowest BCUT2D eigenvalue weighted by atomic mass is 10.2. The molecule has 0 N–H and O–H groups in total. The summed E-state index contributed by atoms with van der Waals surface area (Å²) in [7, 11) is 1.66. The van der Waals surface area contributed by atoms with Crippen LogP contribution >= 0.6 is 0 Å². The Morgan fingerprint density at radius 1 is 1.65 bits per heavy atom. The Hall–Kier alpha value is -2.09. The summed E-state index contributed by atoms with van der Waals surface area (Å²) < 4.78 is 5.29. The molecular weight excluding hydrogens is 218 g/mol. The standard InChI is InChI=1S/C12H15N3O2/c1-3-17-11-10(6-4-8-14-11)12(16)15(2)9-5-7-13/h4,6,8H,3,5,9H2,1-2H3. The molecule has 0 saturated carbocycles. The van der Waals surface area contributed by atoms with Crippen LogP contribution in [0.1, 0.15) is 23.7 Å². The highest BCUT2D eigenvalue weighted by Gasteiger charge is 2.16. The van der Waals surface area contributed by atoms with E-state index < -0.39 is 0 Å². The molecule has 0 saturated heterocycles. The Balaban J connectivity index is 2.84. The van der Waals surface area contributed by atoms with Gasteiger partial charge >= 0.3 is 0 Å². The lowest BCUT2D eigenvalue weighted by Crippen LogP contribution is -2.28. The van der Waals surface area contributed by atoms with Crippen molar-refractivity contribution in [2.75, 3.05) is 20.2 Å². The Morgan fingerprint density at radius 2 is 2.41 bits per heavy atom. The van der Waals surface area contributed by atoms with Gasteiger partial charge in [0.05, 0.1) is 19.1 Å². The van der Waals surface area contributed by atoms with E-state index in [4.69, 9.17) is 10.00 Å². The van der Waals surface area contributed by atoms with E-state index in [-0.39, 0.29) is 5.91 Å². The highest BCUT2D eigenvalue weighted by Crippen LogP contribution is 2.16. The van der Waals surface area contributed by atoms with Gasteiger partial charge in [-0.15, -0.1) is 0 Å². The normalized spacial score (nSPS) is 9.47. The highest BCUT2D eigenvalue weighted by atomic mass is 16.5. The van der Waals surface area contributed by atoms with Crippen molar-refractivity contribution < 1.29 is 9.53 Å². The quantitative estimate of drug-likeness (QED) is 0.772. The smallest absolute Gasteiger partial charge is 0.259 e. The van der Waals surface area contributed by atoms with Crippen molar-refractivity contribution in [2.45, 2.75) is 13.3 Å². The SMILES string of the molecule is CCOc1ncccc1C(=O)N(C)CCC#N. The minimum atomic E-state index is -0.184. The van der Waals surface area contributed by atoms with Crippen LogP contribution in [0.5, 0.6) is 5.88 Å². The van der Waals surface area contributed by atoms with Gasteiger partial charge in [0.25, 0.3) is 5.91 Å². The van der Waals surface area contributed by atoms with Gasteiger partial charge in [-0.25, -0.2) is 4.98 Å². The van der Waals surface area contributed by atoms with Crippen LogP contribution in [-0.2, 0) is 0 Å². The third-order valence-electron chi connectivity index (χ3n) is 2.19. The Kier molecular flexibility index (Phi) is 4.95. The lowest BCUT2D eigenvalue weighted by molar-refractivity contribution is 0.0793. The molecule has 1 aromatic rings. The number of rotatable bonds is 5. The van der Waals surface area contributed by atoms with Crippen LogP contribution < -0.4 is 4.74 Å². The molecule has 90 valence electrons. The first-order valence-electron chi connectivity index (χ1n) is 5.41. The summed E-state index contributed by atoms with van der Waals surface area (Å²) >= 11 is 0. The molecule has 1 rings (SSSR count). The molecule has 5 heteroatoms. The number of ether oxygens (including phenoxy) is 1. The number of carbonyl (C=O) groups is 1. The minimum absolute atomic E-state index is 0.184. The molecule has 1 amide bonds. The van der Waals surface area contributed by atoms with Gasteiger partial charge in [0.15, 0.2) is 0 Å². The topological polar surface area (TPSA) is 66.2 Å². The predicted octanol–water partition coefficient (Wildman–Crippen LogP) is 1.47. The fourth-order valence-corrected chi connectivity index (χ4v) is 1.33. The first-order valence-corrected chi connectivity index (χ1v) is 5.41. The molecule has 0 unspecified atom stereocenters. The summed E-state index contributed by atoms with van der Waals surface area (Å²) in [6, 6.07) is 5.36. The van der Waals surface area contributed by atoms with Gasteiger partial charge in [-0.2, -0.15) is 5.26 Å². The maximum absolute atomic E-state index is 12.0. The van der Waals surface area contributed by atoms with E-state index in [0.29, 0.717) is 31.0 Å². The van der Waals surface area contributed by atoms with Crippen LogP contribution in [0, 0.1) is 11.3 Å². The maximum atomic E-state index is 12.0. The second kappa shape index (κ2) is 6.48. The summed E-state index contributed by atoms with van der Waals surface area (Å²) in [5, 5.41) is 8.48. The van der Waals surface area contributed by atoms with Crippen LogP contribution in [0.25, 0.3) is 0 Å². The molecule has 0 spiro atoms. The highest BCUT2D eigenvalue weighted by molar-refractivity contribution is 5.96. The molecule has 5 nitrogen and oxygen atoms in total. The number of amides is 1. The molecule has 0 aliphatic carbocycles. The van der Waals surface area contributed by atoms with E-state index in [9.17, 15) is 4.79 Å². The van der Waals surface area contributed by atoms with Gasteiger partial charge in [0.2, 0.25) is 5.88 Å². The third kappa shape index (κ3) is 3.45. The summed E-state index contributed by atoms with van der Waals surface area (Å²) in [5.41, 5.74) is 0.426. The van der Waals surface area contributed by atoms with Crippen LogP contribution in [0.15, 0.2) is 18.3 Å². The van der Waals surface area contributed by atoms with Gasteiger partial charge in [0.1, 0.15) is 5.56 Å². The van der Waals surface area contributed by atoms with Gasteiger partial charge in [-0.3, -0.25) is 4.79 Å². The molecule has 1 heterocycles. The first kappa shape index (κ1) is 13.0. The van der Waals surface area contributed by atoms with E-state index in [0.717, 1.165) is 0 Å². The van der Waals surface area contributed by atoms with Crippen molar-refractivity contribution >= 4 is 5.91 Å². The minimum Gasteiger partial charge on any atom is -0.477 e. The maximum Gasteiger partial charge on any atom is 0.259 e. The number of nitriles is 1. The second-order valence-corrected chi connectivity index (χ2v) is 3.42. The fourth-order valence-electron chi connectivity index (χ4n) is 1.33. The van der Waals surface area contributed by atoms with Crippen molar-refractivity contribution in [1.82, 2.24) is 9.88 Å². The van der Waals surface area contributed by atoms with Gasteiger partial charge in [-0.05, 0) is 19.1 Å². The number of pyridine rings is 1. The number of hydrogen-bond donors (Lipinski definition) is 0. The van der Waals surface area contributed by atoms with Gasteiger partial charge < -0.3 is 9.64 Å². The molecular formula is C12H15N3O2. The predicted molar refractivity (Wildman–Crippen MR) is 62.6 cm³/mol. The van der Waals surface area contributed by atoms with Crippen molar-refractivity contribution in [1.29, 1.82) is 5.26 Å². The Bertz CT molecular complexity index is 426. The van der Waals surface area contributed by atoms with Crippen LogP contribution in [0.3, 0.4) is 0 Å². The van der Waals surface area contributed by atoms with Crippen LogP contribution in [-0.4, -0.2) is 36.0 Å². The number of hydrogen-bond acceptors (Lipinski definition) is 4. The average molecular weight is 233 g/mol. The summed E-state index contributed by atoms with van der Waals surface area (Å²) in [4.78, 5) is 17.5. The Morgan fingerprint density at radius 3 is 3.06 bits per heavy atom. The van der Waals surface area contributed by atoms with E-state index >= 15 is 0 Å². The molecule has 1 aromatic heterocycles. The van der Waals surface area contributed by atoms with Crippen LogP contribution in [0.2, 0.25) is 0 Å². The van der Waals surface area contributed by atoms with Crippen molar-refractivity contribution in [3.63, 3.8) is 0 Å². The second-order valence-electron chi connectivity index (χ2n) is 3.42. The summed E-state index contributed by atoms with van der Waals surface area (Å²) in [5.74, 6) is 0.153. The van der Waals surface area contributed by atoms with Crippen molar-refractivity contribution in [3.05, 3.63) is 23.9 Å². The molecule has 17 heavy (non-hydrogen) atoms. The fraction of sp³-hybridized carbons (Fsp3) is 0.417. The van der Waals surface area contributed by atoms with E-state index in [1.54, 1.807) is 25.4 Å². The molecule has 0 aliphatic heterocycles. The monoisotopic (exact) mass is 233 g/mol. The first-order chi connectivity index (χ1) is 8.20. The van der Waals surface area contributed by atoms with Gasteiger partial charge in [0, 0.05) is 19.8 Å². The van der Waals surface area contributed by atoms with Crippen molar-refractivity contribution in [3.8, 4) is 11.9 Å². The molecule has 0 fully saturated rings. The van der Waals surface area contributed by atoms with Crippen molar-refractivity contribution in [2.24, 2.45) is 0 Å². The average Bonchev–Trinajstić information content (AvgIpc) is 2.36. The third-order valence-corrected chi connectivity index (χ3v) is 2.19. The number of carbonyl (C=O) groups excluding carboxylic acids is 1. The zero-order chi connectivity index (χ0) is 12.7. The molecule has 0 aliphatic rings. The zero-order valence-corrected chi connectivity index (χ0v) is 10.0. The molecule has 0 atom stereocenters. The largest absolute Gasteiger partial charge is 0.477 e. The summed E-state index contributed by atoms with van der Waals surface area (Å²) in [6.45, 7) is 2.69. The molecule has 0 aromatic carbocycles. The number of aromatic nitrogens is 1. The van der Waals surface area contributed by atoms with Gasteiger partial charge in [-0.1, -0.05) is 0 Å². The van der Waals surface area contributed by atoms with E-state index in [1.165, 1.54) is 4.90 Å². The molecule has 0 radical (unpaired) electrons. The summed E-state index contributed by atoms with van der Waals surface area (Å²) in [6.07, 6.45) is 1.89. The number of nitrogens with zero attached hydrogens (tertiary/aromatic N) is 3. The lowest BCUT2D eigenvalue weighted by Gasteiger charge is -2.16. The van der Waals surface area contributed by atoms with E-state index in [2.05, 4.69) is 4.98 Å². The Labute approximate surface area is 101 Å². The molecule has 0 bridgehead atoms.